The van der Waals surface area contributed by atoms with Crippen LogP contribution in [-0.4, -0.2) is 16.1 Å². The third-order valence-corrected chi connectivity index (χ3v) is 3.25. The normalized spacial score (nSPS) is 10.6. The number of benzene rings is 1. The minimum Gasteiger partial charge on any atom is -0.298 e. The molecule has 0 bridgehead atoms. The number of halogens is 1. The SMILES string of the molecule is CCCCn1cc(C=O)c(-c2cccc(Br)c2)n1. The van der Waals surface area contributed by atoms with Gasteiger partial charge in [0, 0.05) is 22.8 Å². The van der Waals surface area contributed by atoms with E-state index in [-0.39, 0.29) is 0 Å². The zero-order valence-corrected chi connectivity index (χ0v) is 11.9. The van der Waals surface area contributed by atoms with Gasteiger partial charge in [0.25, 0.3) is 0 Å². The van der Waals surface area contributed by atoms with Crippen LogP contribution in [-0.2, 0) is 6.54 Å². The van der Waals surface area contributed by atoms with Crippen molar-refractivity contribution >= 4 is 22.2 Å². The molecule has 0 aliphatic rings. The summed E-state index contributed by atoms with van der Waals surface area (Å²) >= 11 is 3.43. The standard InChI is InChI=1S/C14H15BrN2O/c1-2-3-7-17-9-12(10-18)14(16-17)11-5-4-6-13(15)8-11/h4-6,8-10H,2-3,7H2,1H3. The first kappa shape index (κ1) is 13.0. The molecule has 1 aromatic heterocycles. The number of hydrogen-bond donors (Lipinski definition) is 0. The van der Waals surface area contributed by atoms with Gasteiger partial charge in [-0.05, 0) is 18.6 Å². The molecule has 94 valence electrons. The Bertz CT molecular complexity index is 548. The Morgan fingerprint density at radius 2 is 2.28 bits per heavy atom. The summed E-state index contributed by atoms with van der Waals surface area (Å²) < 4.78 is 2.84. The topological polar surface area (TPSA) is 34.9 Å². The fourth-order valence-corrected chi connectivity index (χ4v) is 2.22. The second-order valence-corrected chi connectivity index (χ2v) is 5.09. The van der Waals surface area contributed by atoms with Gasteiger partial charge in [-0.2, -0.15) is 5.10 Å². The van der Waals surface area contributed by atoms with Gasteiger partial charge in [-0.15, -0.1) is 0 Å². The van der Waals surface area contributed by atoms with Crippen molar-refractivity contribution in [2.75, 3.05) is 0 Å². The van der Waals surface area contributed by atoms with Crippen molar-refractivity contribution in [3.05, 3.63) is 40.5 Å². The molecule has 0 unspecified atom stereocenters. The van der Waals surface area contributed by atoms with Crippen LogP contribution >= 0.6 is 15.9 Å². The van der Waals surface area contributed by atoms with Crippen LogP contribution in [0.15, 0.2) is 34.9 Å². The predicted octanol–water partition coefficient (Wildman–Crippen LogP) is 3.93. The van der Waals surface area contributed by atoms with Gasteiger partial charge in [0.1, 0.15) is 5.69 Å². The molecule has 1 aromatic carbocycles. The quantitative estimate of drug-likeness (QED) is 0.785. The van der Waals surface area contributed by atoms with Crippen molar-refractivity contribution in [2.24, 2.45) is 0 Å². The van der Waals surface area contributed by atoms with Gasteiger partial charge in [0.05, 0.1) is 5.56 Å². The molecular formula is C14H15BrN2O. The molecule has 0 fully saturated rings. The Hall–Kier alpha value is -1.42. The summed E-state index contributed by atoms with van der Waals surface area (Å²) in [6, 6.07) is 7.83. The van der Waals surface area contributed by atoms with Crippen LogP contribution < -0.4 is 0 Å². The summed E-state index contributed by atoms with van der Waals surface area (Å²) in [5, 5.41) is 4.49. The first-order chi connectivity index (χ1) is 8.74. The lowest BCUT2D eigenvalue weighted by atomic mass is 10.1. The number of aryl methyl sites for hydroxylation is 1. The first-order valence-corrected chi connectivity index (χ1v) is 6.82. The molecule has 0 aliphatic carbocycles. The number of carbonyl (C=O) groups excluding carboxylic acids is 1. The fraction of sp³-hybridized carbons (Fsp3) is 0.286. The van der Waals surface area contributed by atoms with E-state index in [1.165, 1.54) is 0 Å². The van der Waals surface area contributed by atoms with E-state index < -0.39 is 0 Å². The van der Waals surface area contributed by atoms with Crippen LogP contribution in [0.1, 0.15) is 30.1 Å². The van der Waals surface area contributed by atoms with E-state index >= 15 is 0 Å². The van der Waals surface area contributed by atoms with Crippen molar-refractivity contribution in [2.45, 2.75) is 26.3 Å². The number of carbonyl (C=O) groups is 1. The van der Waals surface area contributed by atoms with Gasteiger partial charge in [0.15, 0.2) is 6.29 Å². The van der Waals surface area contributed by atoms with Crippen molar-refractivity contribution in [3.63, 3.8) is 0 Å². The molecule has 0 radical (unpaired) electrons. The number of rotatable bonds is 5. The number of unbranched alkanes of at least 4 members (excludes halogenated alkanes) is 1. The highest BCUT2D eigenvalue weighted by Gasteiger charge is 2.10. The van der Waals surface area contributed by atoms with E-state index in [4.69, 9.17) is 0 Å². The molecule has 0 N–H and O–H groups in total. The lowest BCUT2D eigenvalue weighted by Crippen LogP contribution is -1.97. The summed E-state index contributed by atoms with van der Waals surface area (Å²) in [5.41, 5.74) is 2.35. The van der Waals surface area contributed by atoms with Crippen LogP contribution in [0.25, 0.3) is 11.3 Å². The molecule has 0 atom stereocenters. The maximum absolute atomic E-state index is 11.1. The monoisotopic (exact) mass is 306 g/mol. The zero-order valence-electron chi connectivity index (χ0n) is 10.3. The number of nitrogens with zero attached hydrogens (tertiary/aromatic N) is 2. The van der Waals surface area contributed by atoms with Crippen LogP contribution in [0.4, 0.5) is 0 Å². The number of hydrogen-bond acceptors (Lipinski definition) is 2. The Morgan fingerprint density at radius 1 is 1.44 bits per heavy atom. The first-order valence-electron chi connectivity index (χ1n) is 6.03. The van der Waals surface area contributed by atoms with Crippen molar-refractivity contribution < 1.29 is 4.79 Å². The molecular weight excluding hydrogens is 292 g/mol. The van der Waals surface area contributed by atoms with Gasteiger partial charge in [0.2, 0.25) is 0 Å². The van der Waals surface area contributed by atoms with Crippen LogP contribution in [0.3, 0.4) is 0 Å². The van der Waals surface area contributed by atoms with Crippen LogP contribution in [0, 0.1) is 0 Å². The highest BCUT2D eigenvalue weighted by atomic mass is 79.9. The molecule has 18 heavy (non-hydrogen) atoms. The van der Waals surface area contributed by atoms with Gasteiger partial charge in [-0.3, -0.25) is 9.48 Å². The van der Waals surface area contributed by atoms with E-state index in [0.717, 1.165) is 41.4 Å². The lowest BCUT2D eigenvalue weighted by molar-refractivity contribution is 0.112. The van der Waals surface area contributed by atoms with Crippen LogP contribution in [0.2, 0.25) is 0 Å². The van der Waals surface area contributed by atoms with Crippen LogP contribution in [0.5, 0.6) is 0 Å². The van der Waals surface area contributed by atoms with Crippen molar-refractivity contribution in [1.29, 1.82) is 0 Å². The van der Waals surface area contributed by atoms with Gasteiger partial charge in [-0.25, -0.2) is 0 Å². The Balaban J connectivity index is 2.37. The molecule has 4 heteroatoms. The lowest BCUT2D eigenvalue weighted by Gasteiger charge is -2.00. The molecule has 0 saturated heterocycles. The summed E-state index contributed by atoms with van der Waals surface area (Å²) in [5.74, 6) is 0. The third-order valence-electron chi connectivity index (χ3n) is 2.76. The highest BCUT2D eigenvalue weighted by Crippen LogP contribution is 2.24. The second-order valence-electron chi connectivity index (χ2n) is 4.18. The molecule has 3 nitrogen and oxygen atoms in total. The summed E-state index contributed by atoms with van der Waals surface area (Å²) in [4.78, 5) is 11.1. The maximum atomic E-state index is 11.1. The largest absolute Gasteiger partial charge is 0.298 e. The average molecular weight is 307 g/mol. The van der Waals surface area contributed by atoms with Gasteiger partial charge in [-0.1, -0.05) is 41.4 Å². The Kier molecular flexibility index (Phi) is 4.31. The predicted molar refractivity (Wildman–Crippen MR) is 75.7 cm³/mol. The third kappa shape index (κ3) is 2.88. The number of aldehydes is 1. The second kappa shape index (κ2) is 5.96. The van der Waals surface area contributed by atoms with Crippen molar-refractivity contribution in [1.82, 2.24) is 9.78 Å². The zero-order chi connectivity index (χ0) is 13.0. The Labute approximate surface area is 115 Å². The molecule has 0 aliphatic heterocycles. The van der Waals surface area contributed by atoms with E-state index in [9.17, 15) is 4.79 Å². The van der Waals surface area contributed by atoms with E-state index in [0.29, 0.717) is 5.56 Å². The molecule has 0 saturated carbocycles. The molecule has 0 spiro atoms. The van der Waals surface area contributed by atoms with Crippen molar-refractivity contribution in [3.8, 4) is 11.3 Å². The van der Waals surface area contributed by atoms with Gasteiger partial charge >= 0.3 is 0 Å². The fourth-order valence-electron chi connectivity index (χ4n) is 1.82. The van der Waals surface area contributed by atoms with E-state index in [2.05, 4.69) is 28.0 Å². The minimum atomic E-state index is 0.643. The van der Waals surface area contributed by atoms with E-state index in [1.54, 1.807) is 0 Å². The highest BCUT2D eigenvalue weighted by molar-refractivity contribution is 9.10. The number of aromatic nitrogens is 2. The average Bonchev–Trinajstić information content (AvgIpc) is 2.79. The summed E-state index contributed by atoms with van der Waals surface area (Å²) in [6.45, 7) is 2.99. The molecule has 1 heterocycles. The molecule has 0 amide bonds. The van der Waals surface area contributed by atoms with Gasteiger partial charge < -0.3 is 0 Å². The van der Waals surface area contributed by atoms with E-state index in [1.807, 2.05) is 35.1 Å². The minimum absolute atomic E-state index is 0.643. The molecule has 2 aromatic rings. The summed E-state index contributed by atoms with van der Waals surface area (Å²) in [7, 11) is 0. The Morgan fingerprint density at radius 3 is 2.94 bits per heavy atom. The summed E-state index contributed by atoms with van der Waals surface area (Å²) in [6.07, 6.45) is 4.87. The smallest absolute Gasteiger partial charge is 0.153 e. The maximum Gasteiger partial charge on any atom is 0.153 e. The molecule has 2 rings (SSSR count).